The Labute approximate surface area is 708 Å². The molecule has 10 rings (SSSR count). The van der Waals surface area contributed by atoms with Crippen molar-refractivity contribution in [2.45, 2.75) is 242 Å². The van der Waals surface area contributed by atoms with Gasteiger partial charge in [0.25, 0.3) is 24.5 Å². The fourth-order valence-corrected chi connectivity index (χ4v) is 22.2. The summed E-state index contributed by atoms with van der Waals surface area (Å²) in [5.74, 6) is 0. The van der Waals surface area contributed by atoms with Crippen molar-refractivity contribution in [2.75, 3.05) is 81.8 Å². The van der Waals surface area contributed by atoms with Crippen LogP contribution in [0.1, 0.15) is 142 Å². The fraction of sp³-hybridized carbons (Fsp3) is 0.810. The molecule has 644 valence electrons. The Kier molecular flexibility index (Phi) is 42.1. The van der Waals surface area contributed by atoms with E-state index in [9.17, 15) is 62.2 Å². The highest BCUT2D eigenvalue weighted by atomic mass is 127. The van der Waals surface area contributed by atoms with Crippen molar-refractivity contribution in [2.24, 2.45) is 0 Å². The summed E-state index contributed by atoms with van der Waals surface area (Å²) >= 11 is 19.3. The molecule has 0 bridgehead atoms. The Bertz CT molecular complexity index is 4100. The van der Waals surface area contributed by atoms with Gasteiger partial charge in [0.2, 0.25) is 0 Å². The third kappa shape index (κ3) is 31.9. The summed E-state index contributed by atoms with van der Waals surface area (Å²) in [5, 5.41) is 9.78. The number of phosphoric ester groups is 1. The van der Waals surface area contributed by atoms with Gasteiger partial charge in [0.15, 0.2) is 13.0 Å². The lowest BCUT2D eigenvalue weighted by Crippen LogP contribution is -2.34. The zero-order chi connectivity index (χ0) is 85.0. The maximum atomic E-state index is 13.2. The van der Waals surface area contributed by atoms with Crippen molar-refractivity contribution in [1.29, 1.82) is 0 Å². The minimum absolute atomic E-state index is 0.00144. The third-order valence-corrected chi connectivity index (χ3v) is 28.0. The molecular formula is C63H103B3I2N6O31P6S3-2. The second-order valence-corrected chi connectivity index (χ2v) is 44.5. The highest BCUT2D eigenvalue weighted by Gasteiger charge is 2.46. The molecular weight excluding hydrogens is 1900 g/mol. The number of halogens is 2. The first kappa shape index (κ1) is 102. The number of nitrogens with one attached hydrogen (secondary N) is 3. The number of ether oxygens (including phenoxy) is 7. The van der Waals surface area contributed by atoms with Crippen molar-refractivity contribution >= 4 is 147 Å². The van der Waals surface area contributed by atoms with Gasteiger partial charge in [0.05, 0.1) is 94.6 Å². The van der Waals surface area contributed by atoms with Crippen molar-refractivity contribution in [3.05, 3.63) is 97.8 Å². The molecule has 7 saturated heterocycles. The number of aliphatic hydroxyl groups excluding tert-OH is 1. The average molecular weight is 2010 g/mol. The Morgan fingerprint density at radius 1 is 0.500 bits per heavy atom. The monoisotopic (exact) mass is 2010 g/mol. The zero-order valence-electron chi connectivity index (χ0n) is 65.3. The molecule has 0 amide bonds. The first-order valence-corrected chi connectivity index (χ1v) is 54.3. The molecule has 0 saturated carbocycles. The minimum Gasteiger partial charge on any atom is -0.780 e. The maximum absolute atomic E-state index is 13.2. The van der Waals surface area contributed by atoms with Crippen molar-refractivity contribution < 1.29 is 116 Å². The van der Waals surface area contributed by atoms with E-state index in [1.807, 2.05) is 57.2 Å². The molecule has 0 spiro atoms. The lowest BCUT2D eigenvalue weighted by Gasteiger charge is -2.31. The highest BCUT2D eigenvalue weighted by molar-refractivity contribution is 14.1. The van der Waals surface area contributed by atoms with E-state index in [0.717, 1.165) is 6.61 Å². The molecule has 6 radical (unpaired) electrons. The lowest BCUT2D eigenvalue weighted by molar-refractivity contribution is -0.233. The molecule has 7 aliphatic heterocycles. The van der Waals surface area contributed by atoms with Gasteiger partial charge in [-0.25, -0.2) is 14.4 Å². The van der Waals surface area contributed by atoms with Crippen molar-refractivity contribution in [3.63, 3.8) is 0 Å². The highest BCUT2D eigenvalue weighted by Crippen LogP contribution is 2.54. The number of nitrogens with zero attached hydrogens (tertiary/aromatic N) is 3. The number of phosphoric acid groups is 1. The second kappa shape index (κ2) is 47.0. The van der Waals surface area contributed by atoms with Crippen LogP contribution < -0.4 is 43.5 Å². The molecule has 10 heterocycles. The molecule has 25 unspecified atom stereocenters. The Morgan fingerprint density at radius 3 is 1.12 bits per heavy atom. The zero-order valence-corrected chi connectivity index (χ0v) is 77.4. The van der Waals surface area contributed by atoms with Gasteiger partial charge in [0.1, 0.15) is 73.4 Å². The molecule has 0 aromatic carbocycles. The Morgan fingerprint density at radius 2 is 0.825 bits per heavy atom. The molecule has 37 nitrogen and oxygen atoms in total. The molecule has 114 heavy (non-hydrogen) atoms. The van der Waals surface area contributed by atoms with Crippen LogP contribution >= 0.6 is 87.9 Å². The topological polar surface area (TPSA) is 469 Å². The van der Waals surface area contributed by atoms with E-state index in [2.05, 4.69) is 56.3 Å². The Balaban J connectivity index is 0.000000253. The largest absolute Gasteiger partial charge is 0.780 e. The lowest BCUT2D eigenvalue weighted by atomic mass is 9.96. The normalized spacial score (nSPS) is 31.8. The van der Waals surface area contributed by atoms with Crippen LogP contribution in [0, 0.1) is 0 Å². The predicted molar refractivity (Wildman–Crippen MR) is 448 cm³/mol. The number of alkyl halides is 2. The number of aliphatic hydroxyl groups is 1. The number of aryl methyl sites for hydroxylation is 3. The van der Waals surface area contributed by atoms with E-state index >= 15 is 0 Å². The first-order chi connectivity index (χ1) is 53.5. The number of hydrogen-bond donors (Lipinski definition) is 5. The van der Waals surface area contributed by atoms with Crippen molar-refractivity contribution in [1.82, 2.24) is 28.7 Å². The first-order valence-electron chi connectivity index (χ1n) is 37.0. The number of hydrogen-bond acceptors (Lipinski definition) is 33. The fourth-order valence-electron chi connectivity index (χ4n) is 12.6. The average Bonchev–Trinajstić information content (AvgIpc) is 1.63. The number of aromatic nitrogens is 6. The van der Waals surface area contributed by atoms with E-state index in [4.69, 9.17) is 130 Å². The second-order valence-electron chi connectivity index (χ2n) is 26.9. The molecule has 51 heteroatoms. The summed E-state index contributed by atoms with van der Waals surface area (Å²) in [6, 6.07) is -2.01. The number of aromatic amines is 3. The molecule has 5 N–H and O–H groups in total. The number of H-pyrrole nitrogens is 3. The van der Waals surface area contributed by atoms with E-state index in [1.165, 1.54) is 58.5 Å². The molecule has 7 aliphatic rings. The van der Waals surface area contributed by atoms with Crippen molar-refractivity contribution in [3.8, 4) is 0 Å². The summed E-state index contributed by atoms with van der Waals surface area (Å²) in [5.41, 5.74) is -2.06. The third-order valence-electron chi connectivity index (χ3n) is 18.0. The van der Waals surface area contributed by atoms with Gasteiger partial charge in [-0.2, -0.15) is 0 Å². The van der Waals surface area contributed by atoms with E-state index in [0.29, 0.717) is 77.0 Å². The van der Waals surface area contributed by atoms with Gasteiger partial charge >= 0.3 is 32.3 Å². The summed E-state index contributed by atoms with van der Waals surface area (Å²) in [7, 11) is 5.36. The standard InChI is InChI=1S/C20H32BIN2O9P2S.C20H33BN2O10P2S.C16H24BIN2O11P2S.C5H10O.C2H6/c1-5-12-10-24(20(26)23-19(12)25)18-8-14(15(9-22)31-18)32-34(3,27)29-11-16-13(7-17(21)30-16)33-35(4,36)28-6-2;1-5-12-9-23(20(26)22-19(12)25)18-8-14(15(10-24)31-18)32-34(3,27)29-11-16-13(7-17(21)30-16)33-35(4,36)28-6-2;1-2-8-6-20(16(22)19-15(8)21)14-4-10(11(5-18)29-14)30-32(23,24)27-7-12-9(3-13(17)28-12)31-33(25,26)34;1-5-3-2-4-6-5;1-2/h10,13-18H,5-9,11H2,1-4H3,(H,23,25,26);9,13-18,24H,5-8,10-11H2,1-4H3,(H,22,25,26);6,9-14H,2-5,7H2,1H3,(H,23,24)(H,19,21,22)(H2,25,26,34);5H,2-4H2,1H3;1-2H3/p-2. The summed E-state index contributed by atoms with van der Waals surface area (Å²) in [6.07, 6.45) is -1.22. The number of rotatable bonds is 34. The van der Waals surface area contributed by atoms with Crippen LogP contribution in [0.3, 0.4) is 0 Å². The predicted octanol–water partition coefficient (Wildman–Crippen LogP) is 5.09. The van der Waals surface area contributed by atoms with Crippen LogP contribution in [-0.4, -0.2) is 241 Å². The van der Waals surface area contributed by atoms with Gasteiger partial charge in [-0.3, -0.25) is 56.7 Å². The minimum atomic E-state index is -4.91. The van der Waals surface area contributed by atoms with E-state index < -0.39 is 200 Å². The smallest absolute Gasteiger partial charge is 0.330 e. The SMILES string of the molecule is CC.CC1CCCO1.[B]C1CC(OP(C)(=S)OCC)C(COP(C)(=O)OC2CC(n3cc(CC)c(=O)[nH]c3=O)OC2CI)O1.[B]C1CC(OP(C)(=S)OCC)C(COP(C)(=O)OC2CC(n3cc(CC)c(=O)[nH]c3=O)OC2CO)O1.[B]C1CC(OP([O-])(O)=S)C(COP(=O)([O-])OC2CC(n3cc(CC)c(=O)[nH]c3=O)OC2CI)O1. The summed E-state index contributed by atoms with van der Waals surface area (Å²) in [6.45, 7) is 12.6. The van der Waals surface area contributed by atoms with Crippen LogP contribution in [0.5, 0.6) is 0 Å². The van der Waals surface area contributed by atoms with Crippen LogP contribution in [0.15, 0.2) is 47.4 Å². The van der Waals surface area contributed by atoms with Gasteiger partial charge in [-0.05, 0) is 95.8 Å². The van der Waals surface area contributed by atoms with Crippen LogP contribution in [0.25, 0.3) is 0 Å². The van der Waals surface area contributed by atoms with Gasteiger partial charge in [-0.15, -0.1) is 0 Å². The quantitative estimate of drug-likeness (QED) is 0.0225. The molecule has 3 aromatic rings. The molecule has 7 fully saturated rings. The van der Waals surface area contributed by atoms with Gasteiger partial charge in [0, 0.05) is 115 Å². The van der Waals surface area contributed by atoms with Gasteiger partial charge in [-0.1, -0.05) is 91.6 Å². The van der Waals surface area contributed by atoms with E-state index in [-0.39, 0.29) is 38.9 Å². The van der Waals surface area contributed by atoms with Crippen LogP contribution in [0.2, 0.25) is 0 Å². The molecule has 3 aromatic heterocycles. The van der Waals surface area contributed by atoms with Crippen LogP contribution in [0.4, 0.5) is 0 Å². The Hall–Kier alpha value is -0.545. The summed E-state index contributed by atoms with van der Waals surface area (Å²) in [4.78, 5) is 112. The molecule has 25 atom stereocenters. The van der Waals surface area contributed by atoms with Crippen LogP contribution in [-0.2, 0) is 151 Å². The summed E-state index contributed by atoms with van der Waals surface area (Å²) < 4.78 is 144. The maximum Gasteiger partial charge on any atom is 0.330 e. The molecule has 0 aliphatic carbocycles. The van der Waals surface area contributed by atoms with Gasteiger partial charge < -0.3 is 103 Å². The van der Waals surface area contributed by atoms with E-state index in [1.54, 1.807) is 27.2 Å².